The van der Waals surface area contributed by atoms with Crippen molar-refractivity contribution in [3.63, 3.8) is 0 Å². The molecule has 0 aliphatic heterocycles. The number of para-hydroxylation sites is 1. The lowest BCUT2D eigenvalue weighted by molar-refractivity contribution is -0.386. The molecule has 116 valence electrons. The van der Waals surface area contributed by atoms with Gasteiger partial charge in [0.1, 0.15) is 0 Å². The molecule has 0 saturated heterocycles. The van der Waals surface area contributed by atoms with Crippen LogP contribution in [0.4, 0.5) is 5.69 Å². The van der Waals surface area contributed by atoms with Crippen LogP contribution >= 0.6 is 0 Å². The van der Waals surface area contributed by atoms with Gasteiger partial charge in [0.25, 0.3) is 5.69 Å². The van der Waals surface area contributed by atoms with Crippen molar-refractivity contribution in [1.82, 2.24) is 5.32 Å². The van der Waals surface area contributed by atoms with Crippen molar-refractivity contribution in [3.8, 4) is 0 Å². The minimum Gasteiger partial charge on any atom is -0.373 e. The highest BCUT2D eigenvalue weighted by atomic mass is 16.6. The lowest BCUT2D eigenvalue weighted by atomic mass is 9.93. The van der Waals surface area contributed by atoms with E-state index in [4.69, 9.17) is 4.74 Å². The number of nitro benzene ring substituents is 1. The van der Waals surface area contributed by atoms with Crippen molar-refractivity contribution in [3.05, 3.63) is 39.9 Å². The zero-order valence-corrected chi connectivity index (χ0v) is 12.6. The number of hydrogen-bond acceptors (Lipinski definition) is 4. The van der Waals surface area contributed by atoms with Crippen molar-refractivity contribution in [1.29, 1.82) is 0 Å². The zero-order chi connectivity index (χ0) is 15.1. The molecule has 1 aromatic carbocycles. The van der Waals surface area contributed by atoms with E-state index in [9.17, 15) is 10.1 Å². The van der Waals surface area contributed by atoms with Gasteiger partial charge in [-0.25, -0.2) is 0 Å². The van der Waals surface area contributed by atoms with Crippen LogP contribution in [0, 0.1) is 10.1 Å². The molecule has 0 heterocycles. The molecule has 2 rings (SSSR count). The predicted octanol–water partition coefficient (Wildman–Crippen LogP) is 3.42. The molecule has 1 aliphatic carbocycles. The van der Waals surface area contributed by atoms with Crippen LogP contribution in [0.25, 0.3) is 0 Å². The highest BCUT2D eigenvalue weighted by molar-refractivity contribution is 5.39. The maximum atomic E-state index is 11.0. The van der Waals surface area contributed by atoms with Crippen LogP contribution in [0.5, 0.6) is 0 Å². The van der Waals surface area contributed by atoms with E-state index in [-0.39, 0.29) is 16.7 Å². The predicted molar refractivity (Wildman–Crippen MR) is 82.2 cm³/mol. The Bertz CT molecular complexity index is 457. The first kappa shape index (κ1) is 15.9. The number of benzene rings is 1. The smallest absolute Gasteiger partial charge is 0.274 e. The van der Waals surface area contributed by atoms with Gasteiger partial charge in [0.05, 0.1) is 23.2 Å². The third-order valence-electron chi connectivity index (χ3n) is 4.02. The molecule has 1 aromatic rings. The van der Waals surface area contributed by atoms with Crippen molar-refractivity contribution in [2.24, 2.45) is 0 Å². The summed E-state index contributed by atoms with van der Waals surface area (Å²) in [6.45, 7) is 3.58. The maximum Gasteiger partial charge on any atom is 0.274 e. The van der Waals surface area contributed by atoms with Crippen LogP contribution in [0.2, 0.25) is 0 Å². The first-order valence-electron chi connectivity index (χ1n) is 7.78. The number of nitro groups is 1. The third kappa shape index (κ3) is 4.79. The first-order valence-corrected chi connectivity index (χ1v) is 7.78. The van der Waals surface area contributed by atoms with Crippen LogP contribution in [0.1, 0.15) is 44.6 Å². The molecule has 0 atom stereocenters. The number of nitrogens with one attached hydrogen (secondary N) is 1. The van der Waals surface area contributed by atoms with Gasteiger partial charge in [0.2, 0.25) is 0 Å². The monoisotopic (exact) mass is 292 g/mol. The molecule has 1 N–H and O–H groups in total. The van der Waals surface area contributed by atoms with E-state index < -0.39 is 0 Å². The third-order valence-corrected chi connectivity index (χ3v) is 4.02. The van der Waals surface area contributed by atoms with E-state index in [0.717, 1.165) is 38.6 Å². The van der Waals surface area contributed by atoms with Crippen LogP contribution in [0.15, 0.2) is 24.3 Å². The Labute approximate surface area is 125 Å². The SMILES string of the molecule is CCCNC1CCC(OCc2ccccc2[N+](=O)[O-])CC1. The number of nitrogens with zero attached hydrogens (tertiary/aromatic N) is 1. The summed E-state index contributed by atoms with van der Waals surface area (Å²) < 4.78 is 5.88. The molecule has 1 saturated carbocycles. The normalized spacial score (nSPS) is 22.1. The molecule has 21 heavy (non-hydrogen) atoms. The fraction of sp³-hybridized carbons (Fsp3) is 0.625. The van der Waals surface area contributed by atoms with E-state index in [1.807, 2.05) is 6.07 Å². The quantitative estimate of drug-likeness (QED) is 0.618. The fourth-order valence-corrected chi connectivity index (χ4v) is 2.80. The number of rotatable bonds is 7. The van der Waals surface area contributed by atoms with Gasteiger partial charge in [0, 0.05) is 12.1 Å². The summed E-state index contributed by atoms with van der Waals surface area (Å²) in [6, 6.07) is 7.41. The number of hydrogen-bond donors (Lipinski definition) is 1. The Hall–Kier alpha value is -1.46. The topological polar surface area (TPSA) is 64.4 Å². The van der Waals surface area contributed by atoms with Crippen LogP contribution in [-0.4, -0.2) is 23.6 Å². The molecule has 5 heteroatoms. The summed E-state index contributed by atoms with van der Waals surface area (Å²) in [4.78, 5) is 10.6. The van der Waals surface area contributed by atoms with Gasteiger partial charge >= 0.3 is 0 Å². The van der Waals surface area contributed by atoms with Gasteiger partial charge in [0.15, 0.2) is 0 Å². The van der Waals surface area contributed by atoms with E-state index >= 15 is 0 Å². The lowest BCUT2D eigenvalue weighted by Crippen LogP contribution is -2.35. The van der Waals surface area contributed by atoms with Gasteiger partial charge in [-0.1, -0.05) is 19.1 Å². The Balaban J connectivity index is 1.79. The molecule has 5 nitrogen and oxygen atoms in total. The van der Waals surface area contributed by atoms with E-state index in [2.05, 4.69) is 12.2 Å². The van der Waals surface area contributed by atoms with E-state index in [1.54, 1.807) is 12.1 Å². The average Bonchev–Trinajstić information content (AvgIpc) is 2.52. The van der Waals surface area contributed by atoms with Crippen molar-refractivity contribution in [2.45, 2.75) is 57.8 Å². The fourth-order valence-electron chi connectivity index (χ4n) is 2.80. The van der Waals surface area contributed by atoms with Crippen LogP contribution < -0.4 is 5.32 Å². The summed E-state index contributed by atoms with van der Waals surface area (Å²) >= 11 is 0. The van der Waals surface area contributed by atoms with Gasteiger partial charge < -0.3 is 10.1 Å². The molecule has 0 radical (unpaired) electrons. The average molecular weight is 292 g/mol. The molecular formula is C16H24N2O3. The summed E-state index contributed by atoms with van der Waals surface area (Å²) in [5, 5.41) is 14.5. The molecule has 1 aliphatic rings. The minimum absolute atomic E-state index is 0.149. The molecule has 0 unspecified atom stereocenters. The van der Waals surface area contributed by atoms with Crippen LogP contribution in [0.3, 0.4) is 0 Å². The van der Waals surface area contributed by atoms with E-state index in [1.165, 1.54) is 6.07 Å². The molecule has 0 bridgehead atoms. The first-order chi connectivity index (χ1) is 10.2. The van der Waals surface area contributed by atoms with Crippen molar-refractivity contribution in [2.75, 3.05) is 6.54 Å². The van der Waals surface area contributed by atoms with E-state index in [0.29, 0.717) is 18.2 Å². The summed E-state index contributed by atoms with van der Waals surface area (Å²) in [6.07, 6.45) is 5.70. The van der Waals surface area contributed by atoms with Gasteiger partial charge in [-0.15, -0.1) is 0 Å². The zero-order valence-electron chi connectivity index (χ0n) is 12.6. The second-order valence-corrected chi connectivity index (χ2v) is 5.62. The minimum atomic E-state index is -0.343. The Morgan fingerprint density at radius 3 is 2.67 bits per heavy atom. The molecular weight excluding hydrogens is 268 g/mol. The lowest BCUT2D eigenvalue weighted by Gasteiger charge is -2.29. The highest BCUT2D eigenvalue weighted by Crippen LogP contribution is 2.24. The second-order valence-electron chi connectivity index (χ2n) is 5.62. The Morgan fingerprint density at radius 1 is 1.29 bits per heavy atom. The molecule has 0 amide bonds. The summed E-state index contributed by atoms with van der Waals surface area (Å²) in [5.41, 5.74) is 0.810. The largest absolute Gasteiger partial charge is 0.373 e. The maximum absolute atomic E-state index is 11.0. The Morgan fingerprint density at radius 2 is 2.00 bits per heavy atom. The molecule has 1 fully saturated rings. The van der Waals surface area contributed by atoms with Crippen molar-refractivity contribution < 1.29 is 9.66 Å². The van der Waals surface area contributed by atoms with Gasteiger partial charge in [-0.2, -0.15) is 0 Å². The summed E-state index contributed by atoms with van der Waals surface area (Å²) in [7, 11) is 0. The van der Waals surface area contributed by atoms with Crippen molar-refractivity contribution >= 4 is 5.69 Å². The molecule has 0 spiro atoms. The second kappa shape index (κ2) is 8.10. The van der Waals surface area contributed by atoms with Crippen LogP contribution in [-0.2, 0) is 11.3 Å². The van der Waals surface area contributed by atoms with Gasteiger partial charge in [-0.05, 0) is 44.7 Å². The standard InChI is InChI=1S/C16H24N2O3/c1-2-11-17-14-7-9-15(10-8-14)21-12-13-5-3-4-6-16(13)18(19)20/h3-6,14-15,17H,2,7-12H2,1H3. The molecule has 0 aromatic heterocycles. The summed E-state index contributed by atoms with van der Waals surface area (Å²) in [5.74, 6) is 0. The highest BCUT2D eigenvalue weighted by Gasteiger charge is 2.22. The Kier molecular flexibility index (Phi) is 6.14. The number of ether oxygens (including phenoxy) is 1. The van der Waals surface area contributed by atoms with Gasteiger partial charge in [-0.3, -0.25) is 10.1 Å².